The van der Waals surface area contributed by atoms with E-state index in [4.69, 9.17) is 0 Å². The van der Waals surface area contributed by atoms with Gasteiger partial charge in [0, 0.05) is 0 Å². The third-order valence-electron chi connectivity index (χ3n) is 1.84. The van der Waals surface area contributed by atoms with E-state index in [1.807, 2.05) is 0 Å². The standard InChI is InChI=1S/C10H18/c1-5-6-7-8-10(4)9(2)3/h5-6,10H,2,7-8H2,1,3-4H3. The summed E-state index contributed by atoms with van der Waals surface area (Å²) in [6.45, 7) is 10.3. The molecule has 0 saturated heterocycles. The second kappa shape index (κ2) is 5.28. The van der Waals surface area contributed by atoms with E-state index in [1.165, 1.54) is 18.4 Å². The lowest BCUT2D eigenvalue weighted by molar-refractivity contribution is 0.623. The predicted molar refractivity (Wildman–Crippen MR) is 48.0 cm³/mol. The Kier molecular flexibility index (Phi) is 5.00. The van der Waals surface area contributed by atoms with E-state index >= 15 is 0 Å². The maximum atomic E-state index is 3.91. The van der Waals surface area contributed by atoms with Gasteiger partial charge in [-0.3, -0.25) is 0 Å². The number of allylic oxidation sites excluding steroid dienone is 3. The van der Waals surface area contributed by atoms with Crippen molar-refractivity contribution in [1.29, 1.82) is 0 Å². The highest BCUT2D eigenvalue weighted by atomic mass is 14.0. The van der Waals surface area contributed by atoms with Crippen molar-refractivity contribution in [3.05, 3.63) is 24.3 Å². The molecule has 0 aliphatic heterocycles. The summed E-state index contributed by atoms with van der Waals surface area (Å²) in [4.78, 5) is 0. The largest absolute Gasteiger partial charge is 0.0999 e. The lowest BCUT2D eigenvalue weighted by atomic mass is 9.99. The molecular weight excluding hydrogens is 120 g/mol. The van der Waals surface area contributed by atoms with Crippen molar-refractivity contribution < 1.29 is 0 Å². The fourth-order valence-corrected chi connectivity index (χ4v) is 0.759. The summed E-state index contributed by atoms with van der Waals surface area (Å²) in [5.74, 6) is 0.677. The van der Waals surface area contributed by atoms with Crippen LogP contribution < -0.4 is 0 Å². The summed E-state index contributed by atoms with van der Waals surface area (Å²) in [6.07, 6.45) is 6.73. The first-order chi connectivity index (χ1) is 4.68. The molecule has 0 aromatic carbocycles. The van der Waals surface area contributed by atoms with Crippen LogP contribution in [0.1, 0.15) is 33.6 Å². The molecule has 0 saturated carbocycles. The molecule has 0 aliphatic rings. The molecule has 0 heterocycles. The van der Waals surface area contributed by atoms with E-state index < -0.39 is 0 Å². The van der Waals surface area contributed by atoms with Crippen molar-refractivity contribution in [2.24, 2.45) is 5.92 Å². The van der Waals surface area contributed by atoms with Gasteiger partial charge in [-0.1, -0.05) is 31.2 Å². The van der Waals surface area contributed by atoms with Crippen LogP contribution in [-0.2, 0) is 0 Å². The van der Waals surface area contributed by atoms with Crippen LogP contribution in [0.15, 0.2) is 24.3 Å². The van der Waals surface area contributed by atoms with Gasteiger partial charge in [0.05, 0.1) is 0 Å². The fourth-order valence-electron chi connectivity index (χ4n) is 0.759. The summed E-state index contributed by atoms with van der Waals surface area (Å²) in [7, 11) is 0. The minimum Gasteiger partial charge on any atom is -0.0999 e. The van der Waals surface area contributed by atoms with Crippen molar-refractivity contribution in [2.75, 3.05) is 0 Å². The highest BCUT2D eigenvalue weighted by molar-refractivity contribution is 4.94. The smallest absolute Gasteiger partial charge is 0.0234 e. The first kappa shape index (κ1) is 9.48. The van der Waals surface area contributed by atoms with Crippen LogP contribution in [0.5, 0.6) is 0 Å². The van der Waals surface area contributed by atoms with E-state index in [-0.39, 0.29) is 0 Å². The Hall–Kier alpha value is -0.520. The van der Waals surface area contributed by atoms with Crippen LogP contribution in [0.25, 0.3) is 0 Å². The molecular formula is C10H18. The van der Waals surface area contributed by atoms with Gasteiger partial charge in [0.15, 0.2) is 0 Å². The summed E-state index contributed by atoms with van der Waals surface area (Å²) in [5, 5.41) is 0. The molecule has 1 atom stereocenters. The lowest BCUT2D eigenvalue weighted by Crippen LogP contribution is -1.93. The molecule has 0 bridgehead atoms. The minimum atomic E-state index is 0.677. The van der Waals surface area contributed by atoms with Gasteiger partial charge in [-0.15, -0.1) is 0 Å². The monoisotopic (exact) mass is 138 g/mol. The zero-order valence-corrected chi connectivity index (χ0v) is 7.35. The average Bonchev–Trinajstić information content (AvgIpc) is 1.88. The topological polar surface area (TPSA) is 0 Å². The van der Waals surface area contributed by atoms with Crippen LogP contribution in [0.3, 0.4) is 0 Å². The molecule has 10 heavy (non-hydrogen) atoms. The molecule has 0 spiro atoms. The molecule has 0 aromatic heterocycles. The van der Waals surface area contributed by atoms with Crippen LogP contribution >= 0.6 is 0 Å². The van der Waals surface area contributed by atoms with Crippen LogP contribution in [0, 0.1) is 5.92 Å². The van der Waals surface area contributed by atoms with Crippen molar-refractivity contribution in [3.8, 4) is 0 Å². The Labute approximate surface area is 64.6 Å². The Morgan fingerprint density at radius 2 is 2.20 bits per heavy atom. The van der Waals surface area contributed by atoms with Crippen LogP contribution in [-0.4, -0.2) is 0 Å². The first-order valence-corrected chi connectivity index (χ1v) is 3.95. The molecule has 0 heteroatoms. The minimum absolute atomic E-state index is 0.677. The Balaban J connectivity index is 3.39. The van der Waals surface area contributed by atoms with Crippen molar-refractivity contribution in [1.82, 2.24) is 0 Å². The zero-order chi connectivity index (χ0) is 7.98. The highest BCUT2D eigenvalue weighted by Gasteiger charge is 1.98. The predicted octanol–water partition coefficient (Wildman–Crippen LogP) is 3.55. The highest BCUT2D eigenvalue weighted by Crippen LogP contribution is 2.13. The summed E-state index contributed by atoms with van der Waals surface area (Å²) < 4.78 is 0. The van der Waals surface area contributed by atoms with Gasteiger partial charge in [-0.2, -0.15) is 0 Å². The number of hydrogen-bond donors (Lipinski definition) is 0. The van der Waals surface area contributed by atoms with Crippen molar-refractivity contribution in [3.63, 3.8) is 0 Å². The Morgan fingerprint density at radius 1 is 1.60 bits per heavy atom. The maximum absolute atomic E-state index is 3.91. The third kappa shape index (κ3) is 4.37. The quantitative estimate of drug-likeness (QED) is 0.521. The second-order valence-corrected chi connectivity index (χ2v) is 2.89. The molecule has 0 rings (SSSR count). The fraction of sp³-hybridized carbons (Fsp3) is 0.600. The Bertz CT molecular complexity index is 120. The van der Waals surface area contributed by atoms with E-state index in [0.29, 0.717) is 5.92 Å². The van der Waals surface area contributed by atoms with Crippen LogP contribution in [0.4, 0.5) is 0 Å². The van der Waals surface area contributed by atoms with Gasteiger partial charge in [0.25, 0.3) is 0 Å². The first-order valence-electron chi connectivity index (χ1n) is 3.95. The second-order valence-electron chi connectivity index (χ2n) is 2.89. The maximum Gasteiger partial charge on any atom is -0.0234 e. The molecule has 1 unspecified atom stereocenters. The molecule has 0 aliphatic carbocycles. The van der Waals surface area contributed by atoms with Gasteiger partial charge < -0.3 is 0 Å². The normalized spacial score (nSPS) is 13.9. The summed E-state index contributed by atoms with van der Waals surface area (Å²) in [5.41, 5.74) is 1.30. The molecule has 0 fully saturated rings. The van der Waals surface area contributed by atoms with Gasteiger partial charge in [-0.05, 0) is 32.6 Å². The van der Waals surface area contributed by atoms with Crippen LogP contribution in [0.2, 0.25) is 0 Å². The SMILES string of the molecule is C=C(C)C(C)CCC=CC. The number of hydrogen-bond acceptors (Lipinski definition) is 0. The molecule has 0 radical (unpaired) electrons. The summed E-state index contributed by atoms with van der Waals surface area (Å²) in [6, 6.07) is 0. The molecule has 0 amide bonds. The average molecular weight is 138 g/mol. The van der Waals surface area contributed by atoms with E-state index in [0.717, 1.165) is 0 Å². The third-order valence-corrected chi connectivity index (χ3v) is 1.84. The van der Waals surface area contributed by atoms with Gasteiger partial charge in [-0.25, -0.2) is 0 Å². The molecule has 0 N–H and O–H groups in total. The van der Waals surface area contributed by atoms with E-state index in [2.05, 4.69) is 39.5 Å². The number of rotatable bonds is 4. The van der Waals surface area contributed by atoms with Crippen molar-refractivity contribution >= 4 is 0 Å². The Morgan fingerprint density at radius 3 is 2.60 bits per heavy atom. The van der Waals surface area contributed by atoms with Gasteiger partial charge >= 0.3 is 0 Å². The van der Waals surface area contributed by atoms with Crippen molar-refractivity contribution in [2.45, 2.75) is 33.6 Å². The van der Waals surface area contributed by atoms with Gasteiger partial charge in [0.1, 0.15) is 0 Å². The molecule has 0 aromatic rings. The summed E-state index contributed by atoms with van der Waals surface area (Å²) >= 11 is 0. The zero-order valence-electron chi connectivity index (χ0n) is 7.35. The lowest BCUT2D eigenvalue weighted by Gasteiger charge is -2.07. The molecule has 58 valence electrons. The van der Waals surface area contributed by atoms with E-state index in [1.54, 1.807) is 0 Å². The van der Waals surface area contributed by atoms with Gasteiger partial charge in [0.2, 0.25) is 0 Å². The molecule has 0 nitrogen and oxygen atoms in total. The van der Waals surface area contributed by atoms with E-state index in [9.17, 15) is 0 Å².